The standard InChI is InChI=1S/C6H11N/c1-4-5(2)6(4,3)7/h5H,1,7H2,2-3H3/t5-,6-/m0/s1. The Morgan fingerprint density at radius 3 is 2.00 bits per heavy atom. The molecule has 0 bridgehead atoms. The minimum atomic E-state index is -0.0278. The second-order valence-electron chi connectivity index (χ2n) is 2.53. The normalized spacial score (nSPS) is 49.6. The summed E-state index contributed by atoms with van der Waals surface area (Å²) >= 11 is 0. The molecule has 1 aliphatic carbocycles. The van der Waals surface area contributed by atoms with Crippen LogP contribution in [0.5, 0.6) is 0 Å². The van der Waals surface area contributed by atoms with E-state index in [1.165, 1.54) is 5.57 Å². The second kappa shape index (κ2) is 0.920. The highest BCUT2D eigenvalue weighted by molar-refractivity contribution is 5.38. The highest BCUT2D eigenvalue weighted by Gasteiger charge is 2.47. The zero-order chi connectivity index (χ0) is 5.65. The molecule has 0 saturated heterocycles. The van der Waals surface area contributed by atoms with E-state index < -0.39 is 0 Å². The molecule has 0 amide bonds. The predicted molar refractivity (Wildman–Crippen MR) is 30.9 cm³/mol. The molecule has 0 radical (unpaired) electrons. The quantitative estimate of drug-likeness (QED) is 0.447. The fraction of sp³-hybridized carbons (Fsp3) is 0.667. The van der Waals surface area contributed by atoms with Crippen LogP contribution in [-0.2, 0) is 0 Å². The highest BCUT2D eigenvalue weighted by atomic mass is 14.8. The molecule has 40 valence electrons. The van der Waals surface area contributed by atoms with Crippen LogP contribution in [-0.4, -0.2) is 5.54 Å². The summed E-state index contributed by atoms with van der Waals surface area (Å²) in [5.74, 6) is 0.549. The van der Waals surface area contributed by atoms with Crippen LogP contribution in [0, 0.1) is 5.92 Å². The van der Waals surface area contributed by atoms with E-state index in [9.17, 15) is 0 Å². The first-order chi connectivity index (χ1) is 3.07. The fourth-order valence-electron chi connectivity index (χ4n) is 0.739. The number of hydrogen-bond acceptors (Lipinski definition) is 1. The van der Waals surface area contributed by atoms with Crippen LogP contribution in [0.25, 0.3) is 0 Å². The topological polar surface area (TPSA) is 26.0 Å². The molecule has 7 heavy (non-hydrogen) atoms. The molecule has 0 unspecified atom stereocenters. The molecule has 1 saturated carbocycles. The van der Waals surface area contributed by atoms with E-state index in [1.54, 1.807) is 0 Å². The molecule has 1 fully saturated rings. The van der Waals surface area contributed by atoms with Crippen LogP contribution in [0.1, 0.15) is 13.8 Å². The molecule has 2 atom stereocenters. The van der Waals surface area contributed by atoms with Gasteiger partial charge in [-0.1, -0.05) is 19.1 Å². The molecule has 1 nitrogen and oxygen atoms in total. The van der Waals surface area contributed by atoms with E-state index in [0.717, 1.165) is 0 Å². The van der Waals surface area contributed by atoms with Crippen LogP contribution in [0.4, 0.5) is 0 Å². The number of nitrogens with two attached hydrogens (primary N) is 1. The van der Waals surface area contributed by atoms with Crippen molar-refractivity contribution in [2.75, 3.05) is 0 Å². The number of hydrogen-bond donors (Lipinski definition) is 1. The summed E-state index contributed by atoms with van der Waals surface area (Å²) in [5.41, 5.74) is 6.81. The SMILES string of the molecule is C=C1[C@H](C)[C@@]1(C)N. The lowest BCUT2D eigenvalue weighted by Crippen LogP contribution is -2.18. The van der Waals surface area contributed by atoms with E-state index >= 15 is 0 Å². The lowest BCUT2D eigenvalue weighted by Gasteiger charge is -1.92. The van der Waals surface area contributed by atoms with Gasteiger partial charge in [0, 0.05) is 11.5 Å². The van der Waals surface area contributed by atoms with Gasteiger partial charge < -0.3 is 5.73 Å². The molecule has 0 aromatic rings. The van der Waals surface area contributed by atoms with Gasteiger partial charge >= 0.3 is 0 Å². The van der Waals surface area contributed by atoms with Gasteiger partial charge in [0.25, 0.3) is 0 Å². The Morgan fingerprint density at radius 1 is 1.86 bits per heavy atom. The molecular weight excluding hydrogens is 86.1 g/mol. The summed E-state index contributed by atoms with van der Waals surface area (Å²) < 4.78 is 0. The Labute approximate surface area is 44.2 Å². The van der Waals surface area contributed by atoms with Crippen molar-refractivity contribution in [1.29, 1.82) is 0 Å². The maximum Gasteiger partial charge on any atom is 0.0405 e. The van der Waals surface area contributed by atoms with Gasteiger partial charge in [-0.15, -0.1) is 0 Å². The van der Waals surface area contributed by atoms with Crippen molar-refractivity contribution in [1.82, 2.24) is 0 Å². The van der Waals surface area contributed by atoms with E-state index in [1.807, 2.05) is 6.92 Å². The Hall–Kier alpha value is -0.300. The monoisotopic (exact) mass is 97.1 g/mol. The van der Waals surface area contributed by atoms with Crippen molar-refractivity contribution in [2.45, 2.75) is 19.4 Å². The molecule has 1 rings (SSSR count). The Morgan fingerprint density at radius 2 is 2.00 bits per heavy atom. The van der Waals surface area contributed by atoms with Gasteiger partial charge in [0.1, 0.15) is 0 Å². The van der Waals surface area contributed by atoms with Gasteiger partial charge in [0.15, 0.2) is 0 Å². The lowest BCUT2D eigenvalue weighted by atomic mass is 10.3. The summed E-state index contributed by atoms with van der Waals surface area (Å²) in [5, 5.41) is 0. The van der Waals surface area contributed by atoms with Crippen molar-refractivity contribution >= 4 is 0 Å². The third kappa shape index (κ3) is 0.416. The van der Waals surface area contributed by atoms with Gasteiger partial charge in [0.2, 0.25) is 0 Å². The predicted octanol–water partition coefficient (Wildman–Crippen LogP) is 0.910. The third-order valence-electron chi connectivity index (χ3n) is 2.03. The first-order valence-electron chi connectivity index (χ1n) is 2.55. The first-order valence-corrected chi connectivity index (χ1v) is 2.55. The summed E-state index contributed by atoms with van der Waals surface area (Å²) in [4.78, 5) is 0. The van der Waals surface area contributed by atoms with Gasteiger partial charge in [-0.2, -0.15) is 0 Å². The lowest BCUT2D eigenvalue weighted by molar-refractivity contribution is 0.691. The molecular formula is C6H11N. The molecule has 0 aromatic carbocycles. The summed E-state index contributed by atoms with van der Waals surface area (Å²) in [6, 6.07) is 0. The van der Waals surface area contributed by atoms with Gasteiger partial charge in [0.05, 0.1) is 0 Å². The summed E-state index contributed by atoms with van der Waals surface area (Å²) in [6.07, 6.45) is 0. The molecule has 0 spiro atoms. The largest absolute Gasteiger partial charge is 0.321 e. The van der Waals surface area contributed by atoms with Crippen LogP contribution in [0.3, 0.4) is 0 Å². The smallest absolute Gasteiger partial charge is 0.0405 e. The minimum absolute atomic E-state index is 0.0278. The number of rotatable bonds is 0. The van der Waals surface area contributed by atoms with E-state index in [0.29, 0.717) is 5.92 Å². The van der Waals surface area contributed by atoms with Crippen LogP contribution in [0.2, 0.25) is 0 Å². The molecule has 2 N–H and O–H groups in total. The zero-order valence-electron chi connectivity index (χ0n) is 4.86. The van der Waals surface area contributed by atoms with Crippen molar-refractivity contribution in [3.05, 3.63) is 12.2 Å². The van der Waals surface area contributed by atoms with E-state index in [4.69, 9.17) is 5.73 Å². The van der Waals surface area contributed by atoms with E-state index in [2.05, 4.69) is 13.5 Å². The molecule has 0 aromatic heterocycles. The first kappa shape index (κ1) is 4.85. The van der Waals surface area contributed by atoms with Gasteiger partial charge in [-0.05, 0) is 6.92 Å². The third-order valence-corrected chi connectivity index (χ3v) is 2.03. The van der Waals surface area contributed by atoms with Crippen LogP contribution < -0.4 is 5.73 Å². The fourth-order valence-corrected chi connectivity index (χ4v) is 0.739. The second-order valence-corrected chi connectivity index (χ2v) is 2.53. The molecule has 0 heterocycles. The van der Waals surface area contributed by atoms with Gasteiger partial charge in [-0.3, -0.25) is 0 Å². The summed E-state index contributed by atoms with van der Waals surface area (Å²) in [7, 11) is 0. The average molecular weight is 97.2 g/mol. The zero-order valence-corrected chi connectivity index (χ0v) is 4.86. The summed E-state index contributed by atoms with van der Waals surface area (Å²) in [6.45, 7) is 7.89. The Balaban J connectivity index is 2.70. The Kier molecular flexibility index (Phi) is 0.637. The minimum Gasteiger partial charge on any atom is -0.321 e. The van der Waals surface area contributed by atoms with Gasteiger partial charge in [-0.25, -0.2) is 0 Å². The van der Waals surface area contributed by atoms with Crippen molar-refractivity contribution in [3.63, 3.8) is 0 Å². The molecule has 0 aliphatic heterocycles. The van der Waals surface area contributed by atoms with Crippen LogP contribution >= 0.6 is 0 Å². The maximum atomic E-state index is 5.65. The van der Waals surface area contributed by atoms with Crippen molar-refractivity contribution < 1.29 is 0 Å². The molecule has 1 aliphatic rings. The maximum absolute atomic E-state index is 5.65. The average Bonchev–Trinajstić information content (AvgIpc) is 1.91. The van der Waals surface area contributed by atoms with Crippen LogP contribution in [0.15, 0.2) is 12.2 Å². The van der Waals surface area contributed by atoms with E-state index in [-0.39, 0.29) is 5.54 Å². The highest BCUT2D eigenvalue weighted by Crippen LogP contribution is 2.45. The van der Waals surface area contributed by atoms with Crippen molar-refractivity contribution in [3.8, 4) is 0 Å². The Bertz CT molecular complexity index is 113. The van der Waals surface area contributed by atoms with Crippen molar-refractivity contribution in [2.24, 2.45) is 11.7 Å². The molecule has 1 heteroatoms.